The molecule has 2 aliphatic carbocycles. The van der Waals surface area contributed by atoms with Gasteiger partial charge in [0, 0.05) is 23.3 Å². The van der Waals surface area contributed by atoms with E-state index in [0.29, 0.717) is 32.3 Å². The molecule has 0 amide bonds. The summed E-state index contributed by atoms with van der Waals surface area (Å²) >= 11 is 0. The number of carbonyl (C=O) groups excluding carboxylic acids is 2. The van der Waals surface area contributed by atoms with Crippen molar-refractivity contribution < 1.29 is 33.3 Å². The summed E-state index contributed by atoms with van der Waals surface area (Å²) in [5.74, 6) is -1.32. The van der Waals surface area contributed by atoms with E-state index in [2.05, 4.69) is 6.92 Å². The Morgan fingerprint density at radius 2 is 2.18 bits per heavy atom. The first-order valence-corrected chi connectivity index (χ1v) is 10.2. The lowest BCUT2D eigenvalue weighted by atomic mass is 9.49. The zero-order valence-corrected chi connectivity index (χ0v) is 16.1. The van der Waals surface area contributed by atoms with Crippen LogP contribution in [-0.4, -0.2) is 41.5 Å². The number of furan rings is 1. The fourth-order valence-electron chi connectivity index (χ4n) is 6.47. The van der Waals surface area contributed by atoms with Gasteiger partial charge in [-0.3, -0.25) is 4.79 Å². The lowest BCUT2D eigenvalue weighted by molar-refractivity contribution is -0.176. The molecule has 152 valence electrons. The van der Waals surface area contributed by atoms with Gasteiger partial charge in [0.05, 0.1) is 37.3 Å². The molecule has 3 heterocycles. The summed E-state index contributed by atoms with van der Waals surface area (Å²) < 4.78 is 22.7. The highest BCUT2D eigenvalue weighted by Crippen LogP contribution is 2.69. The van der Waals surface area contributed by atoms with E-state index < -0.39 is 23.0 Å². The summed E-state index contributed by atoms with van der Waals surface area (Å²) in [6.07, 6.45) is 3.95. The molecule has 0 radical (unpaired) electrons. The third-order valence-electron chi connectivity index (χ3n) is 7.69. The third-order valence-corrected chi connectivity index (χ3v) is 7.69. The molecule has 4 aliphatic rings. The molecular formula is C21H26O7. The van der Waals surface area contributed by atoms with Gasteiger partial charge in [-0.15, -0.1) is 0 Å². The maximum Gasteiger partial charge on any atom is 0.339 e. The van der Waals surface area contributed by atoms with Crippen LogP contribution in [0.2, 0.25) is 0 Å². The van der Waals surface area contributed by atoms with Crippen LogP contribution >= 0.6 is 0 Å². The van der Waals surface area contributed by atoms with Crippen molar-refractivity contribution in [2.45, 2.75) is 63.4 Å². The van der Waals surface area contributed by atoms with E-state index in [0.717, 1.165) is 5.56 Å². The number of aliphatic hydroxyl groups is 1. The van der Waals surface area contributed by atoms with E-state index in [-0.39, 0.29) is 36.0 Å². The minimum atomic E-state index is -1.03. The van der Waals surface area contributed by atoms with Crippen molar-refractivity contribution in [1.82, 2.24) is 0 Å². The van der Waals surface area contributed by atoms with Gasteiger partial charge in [-0.25, -0.2) is 4.79 Å². The lowest BCUT2D eigenvalue weighted by Crippen LogP contribution is -2.60. The van der Waals surface area contributed by atoms with Gasteiger partial charge in [0.25, 0.3) is 0 Å². The van der Waals surface area contributed by atoms with Gasteiger partial charge in [-0.2, -0.15) is 0 Å². The predicted octanol–water partition coefficient (Wildman–Crippen LogP) is 2.38. The van der Waals surface area contributed by atoms with E-state index in [9.17, 15) is 14.7 Å². The van der Waals surface area contributed by atoms with Crippen LogP contribution < -0.4 is 0 Å². The van der Waals surface area contributed by atoms with E-state index >= 15 is 0 Å². The monoisotopic (exact) mass is 390 g/mol. The highest BCUT2D eigenvalue weighted by molar-refractivity contribution is 5.85. The molecule has 7 heteroatoms. The fourth-order valence-corrected chi connectivity index (χ4v) is 6.47. The Labute approximate surface area is 163 Å². The number of aliphatic hydroxyl groups excluding tert-OH is 1. The Morgan fingerprint density at radius 1 is 1.36 bits per heavy atom. The molecule has 1 N–H and O–H groups in total. The second kappa shape index (κ2) is 6.07. The molecule has 2 aliphatic heterocycles. The quantitative estimate of drug-likeness (QED) is 0.792. The van der Waals surface area contributed by atoms with Crippen molar-refractivity contribution in [1.29, 1.82) is 0 Å². The second-order valence-electron chi connectivity index (χ2n) is 8.93. The van der Waals surface area contributed by atoms with Crippen molar-refractivity contribution in [2.24, 2.45) is 23.2 Å². The maximum absolute atomic E-state index is 13.1. The van der Waals surface area contributed by atoms with E-state index in [4.69, 9.17) is 18.6 Å². The number of esters is 2. The summed E-state index contributed by atoms with van der Waals surface area (Å²) in [7, 11) is 0. The van der Waals surface area contributed by atoms with Crippen molar-refractivity contribution in [3.05, 3.63) is 24.2 Å². The zero-order valence-electron chi connectivity index (χ0n) is 16.1. The Kier molecular flexibility index (Phi) is 3.94. The van der Waals surface area contributed by atoms with Crippen LogP contribution in [0, 0.1) is 23.2 Å². The summed E-state index contributed by atoms with van der Waals surface area (Å²) in [5.41, 5.74) is -0.663. The van der Waals surface area contributed by atoms with Gasteiger partial charge in [0.1, 0.15) is 6.10 Å². The summed E-state index contributed by atoms with van der Waals surface area (Å²) in [6.45, 7) is 4.13. The first-order valence-electron chi connectivity index (χ1n) is 10.2. The SMILES string of the molecule is CCOC(=O)C1CC(O)C[C@@H]2[C@@H]1C1CC3(OC(c4ccoc4)CC23C)C(=O)O1. The summed E-state index contributed by atoms with van der Waals surface area (Å²) in [5, 5.41) is 10.6. The molecule has 1 spiro atoms. The lowest BCUT2D eigenvalue weighted by Gasteiger charge is -2.53. The molecule has 6 unspecified atom stereocenters. The molecule has 1 aromatic heterocycles. The average Bonchev–Trinajstić information content (AvgIpc) is 3.34. The molecule has 5 rings (SSSR count). The number of hydrogen-bond acceptors (Lipinski definition) is 7. The third kappa shape index (κ3) is 2.23. The van der Waals surface area contributed by atoms with Crippen molar-refractivity contribution in [3.8, 4) is 0 Å². The normalized spacial score (nSPS) is 46.6. The molecule has 0 aromatic carbocycles. The molecule has 2 bridgehead atoms. The van der Waals surface area contributed by atoms with Crippen LogP contribution in [-0.2, 0) is 23.8 Å². The number of ether oxygens (including phenoxy) is 3. The van der Waals surface area contributed by atoms with E-state index in [1.807, 2.05) is 6.07 Å². The molecule has 2 saturated carbocycles. The average molecular weight is 390 g/mol. The highest BCUT2D eigenvalue weighted by Gasteiger charge is 2.76. The van der Waals surface area contributed by atoms with Crippen LogP contribution in [0.1, 0.15) is 51.2 Å². The summed E-state index contributed by atoms with van der Waals surface area (Å²) in [4.78, 5) is 25.7. The standard InChI is InChI=1S/C21H26O7/c1-3-26-18(23)13-6-12(22)7-14-17(13)16-9-21(19(24)27-16)20(14,2)8-15(28-21)11-4-5-25-10-11/h4-5,10,12-17,22H,3,6-9H2,1-2H3/t12?,13?,14-,15?,16?,17-,20?,21?/m1/s1. The largest absolute Gasteiger partial charge is 0.472 e. The highest BCUT2D eigenvalue weighted by atomic mass is 16.6. The van der Waals surface area contributed by atoms with Crippen molar-refractivity contribution in [2.75, 3.05) is 6.61 Å². The molecular weight excluding hydrogens is 364 g/mol. The van der Waals surface area contributed by atoms with Crippen LogP contribution in [0.25, 0.3) is 0 Å². The Morgan fingerprint density at radius 3 is 2.89 bits per heavy atom. The molecule has 4 fully saturated rings. The van der Waals surface area contributed by atoms with Gasteiger partial charge in [0.15, 0.2) is 5.60 Å². The first-order chi connectivity index (χ1) is 13.4. The molecule has 7 nitrogen and oxygen atoms in total. The molecule has 28 heavy (non-hydrogen) atoms. The molecule has 2 saturated heterocycles. The van der Waals surface area contributed by atoms with Crippen LogP contribution in [0.15, 0.2) is 23.0 Å². The zero-order chi connectivity index (χ0) is 19.7. The van der Waals surface area contributed by atoms with Crippen LogP contribution in [0.3, 0.4) is 0 Å². The minimum absolute atomic E-state index is 0.0623. The predicted molar refractivity (Wildman–Crippen MR) is 94.8 cm³/mol. The number of rotatable bonds is 3. The Hall–Kier alpha value is -1.86. The van der Waals surface area contributed by atoms with Gasteiger partial charge in [-0.1, -0.05) is 6.92 Å². The smallest absolute Gasteiger partial charge is 0.339 e. The number of hydrogen-bond donors (Lipinski definition) is 1. The van der Waals surface area contributed by atoms with Gasteiger partial charge in [0.2, 0.25) is 0 Å². The number of fused-ring (bicyclic) bond motifs is 4. The van der Waals surface area contributed by atoms with Gasteiger partial charge < -0.3 is 23.7 Å². The van der Waals surface area contributed by atoms with Crippen LogP contribution in [0.5, 0.6) is 0 Å². The van der Waals surface area contributed by atoms with E-state index in [1.54, 1.807) is 19.5 Å². The fraction of sp³-hybridized carbons (Fsp3) is 0.714. The van der Waals surface area contributed by atoms with Gasteiger partial charge >= 0.3 is 11.9 Å². The molecule has 1 aromatic rings. The van der Waals surface area contributed by atoms with Crippen LogP contribution in [0.4, 0.5) is 0 Å². The molecule has 8 atom stereocenters. The minimum Gasteiger partial charge on any atom is -0.472 e. The number of carbonyl (C=O) groups is 2. The summed E-state index contributed by atoms with van der Waals surface area (Å²) in [6, 6.07) is 1.86. The Balaban J connectivity index is 1.57. The maximum atomic E-state index is 13.1. The van der Waals surface area contributed by atoms with Crippen molar-refractivity contribution >= 4 is 11.9 Å². The van der Waals surface area contributed by atoms with Crippen molar-refractivity contribution in [3.63, 3.8) is 0 Å². The van der Waals surface area contributed by atoms with E-state index in [1.165, 1.54) is 0 Å². The second-order valence-corrected chi connectivity index (χ2v) is 8.93. The first kappa shape index (κ1) is 18.2. The topological polar surface area (TPSA) is 95.2 Å². The van der Waals surface area contributed by atoms with Gasteiger partial charge in [-0.05, 0) is 38.2 Å². The Bertz CT molecular complexity index is 789.